The Balaban J connectivity index is 1.84. The molecule has 0 aliphatic rings. The van der Waals surface area contributed by atoms with Gasteiger partial charge in [0, 0.05) is 7.05 Å². The average Bonchev–Trinajstić information content (AvgIpc) is 2.57. The fourth-order valence-corrected chi connectivity index (χ4v) is 1.91. The highest BCUT2D eigenvalue weighted by Crippen LogP contribution is 2.23. The fraction of sp³-hybridized carbons (Fsp3) is 0.235. The number of ether oxygens (including phenoxy) is 2. The molecule has 0 saturated heterocycles. The van der Waals surface area contributed by atoms with E-state index in [9.17, 15) is 9.18 Å². The highest BCUT2D eigenvalue weighted by atomic mass is 19.1. The van der Waals surface area contributed by atoms with Crippen molar-refractivity contribution in [2.24, 2.45) is 0 Å². The van der Waals surface area contributed by atoms with Gasteiger partial charge in [-0.25, -0.2) is 9.18 Å². The number of methoxy groups -OCH3 is 1. The van der Waals surface area contributed by atoms with Crippen molar-refractivity contribution in [1.82, 2.24) is 4.90 Å². The summed E-state index contributed by atoms with van der Waals surface area (Å²) >= 11 is 0. The number of nitrogens with zero attached hydrogens (tertiary/aromatic N) is 1. The average molecular weight is 318 g/mol. The van der Waals surface area contributed by atoms with Crippen LogP contribution in [0.15, 0.2) is 48.5 Å². The first-order valence-electron chi connectivity index (χ1n) is 7.14. The fourth-order valence-electron chi connectivity index (χ4n) is 1.91. The van der Waals surface area contributed by atoms with Crippen molar-refractivity contribution in [3.05, 3.63) is 54.3 Å². The van der Waals surface area contributed by atoms with E-state index in [1.54, 1.807) is 43.4 Å². The lowest BCUT2D eigenvalue weighted by molar-refractivity contribution is 0.206. The van der Waals surface area contributed by atoms with E-state index in [-0.39, 0.29) is 18.4 Å². The maximum atomic E-state index is 13.4. The number of nitrogens with one attached hydrogen (secondary N) is 1. The molecule has 2 aromatic carbocycles. The molecule has 0 radical (unpaired) electrons. The van der Waals surface area contributed by atoms with Crippen LogP contribution in [0.25, 0.3) is 0 Å². The third-order valence-electron chi connectivity index (χ3n) is 3.22. The minimum atomic E-state index is -0.423. The van der Waals surface area contributed by atoms with Crippen LogP contribution in [0.3, 0.4) is 0 Å². The predicted molar refractivity (Wildman–Crippen MR) is 86.5 cm³/mol. The van der Waals surface area contributed by atoms with Gasteiger partial charge in [-0.15, -0.1) is 0 Å². The van der Waals surface area contributed by atoms with Crippen molar-refractivity contribution < 1.29 is 18.7 Å². The lowest BCUT2D eigenvalue weighted by atomic mass is 10.3. The molecule has 0 heterocycles. The Hall–Kier alpha value is -2.76. The molecule has 5 nitrogen and oxygen atoms in total. The van der Waals surface area contributed by atoms with Crippen LogP contribution in [0, 0.1) is 5.82 Å². The summed E-state index contributed by atoms with van der Waals surface area (Å²) in [5, 5.41) is 2.75. The molecule has 2 amide bonds. The molecular weight excluding hydrogens is 299 g/mol. The zero-order valence-corrected chi connectivity index (χ0v) is 13.1. The second-order valence-corrected chi connectivity index (χ2v) is 4.83. The van der Waals surface area contributed by atoms with Crippen molar-refractivity contribution in [2.45, 2.75) is 0 Å². The van der Waals surface area contributed by atoms with Crippen LogP contribution in [-0.4, -0.2) is 38.2 Å². The third kappa shape index (κ3) is 4.60. The maximum Gasteiger partial charge on any atom is 0.321 e. The number of benzene rings is 2. The number of hydrogen-bond acceptors (Lipinski definition) is 3. The number of amides is 2. The molecule has 0 aliphatic heterocycles. The Morgan fingerprint density at radius 3 is 2.48 bits per heavy atom. The number of para-hydroxylation sites is 3. The topological polar surface area (TPSA) is 50.8 Å². The molecule has 6 heteroatoms. The van der Waals surface area contributed by atoms with E-state index >= 15 is 0 Å². The largest absolute Gasteiger partial charge is 0.495 e. The molecule has 2 aromatic rings. The molecule has 0 aliphatic carbocycles. The summed E-state index contributed by atoms with van der Waals surface area (Å²) in [4.78, 5) is 13.6. The zero-order chi connectivity index (χ0) is 16.7. The van der Waals surface area contributed by atoms with Gasteiger partial charge in [0.05, 0.1) is 19.3 Å². The van der Waals surface area contributed by atoms with Crippen LogP contribution >= 0.6 is 0 Å². The smallest absolute Gasteiger partial charge is 0.321 e. The predicted octanol–water partition coefficient (Wildman–Crippen LogP) is 3.38. The highest BCUT2D eigenvalue weighted by Gasteiger charge is 2.11. The van der Waals surface area contributed by atoms with E-state index in [1.165, 1.54) is 18.1 Å². The van der Waals surface area contributed by atoms with Crippen LogP contribution in [0.1, 0.15) is 0 Å². The first-order valence-corrected chi connectivity index (χ1v) is 7.14. The molecule has 0 bridgehead atoms. The second kappa shape index (κ2) is 8.03. The van der Waals surface area contributed by atoms with Gasteiger partial charge < -0.3 is 19.7 Å². The van der Waals surface area contributed by atoms with Crippen molar-refractivity contribution in [2.75, 3.05) is 32.6 Å². The van der Waals surface area contributed by atoms with Crippen LogP contribution in [0.5, 0.6) is 11.5 Å². The van der Waals surface area contributed by atoms with Gasteiger partial charge in [0.15, 0.2) is 11.6 Å². The number of likely N-dealkylation sites (N-methyl/N-ethyl adjacent to an activating group) is 1. The molecule has 0 atom stereocenters. The number of urea groups is 1. The Morgan fingerprint density at radius 1 is 1.13 bits per heavy atom. The summed E-state index contributed by atoms with van der Waals surface area (Å²) in [6.07, 6.45) is 0. The standard InChI is InChI=1S/C17H19FN2O3/c1-20(11-12-23-15-9-5-3-7-13(15)18)17(21)19-14-8-4-6-10-16(14)22-2/h3-10H,11-12H2,1-2H3,(H,19,21). The van der Waals surface area contributed by atoms with Gasteiger partial charge in [0.2, 0.25) is 0 Å². The molecule has 0 spiro atoms. The molecule has 0 aromatic heterocycles. The number of carbonyl (C=O) groups is 1. The number of anilines is 1. The first kappa shape index (κ1) is 16.6. The van der Waals surface area contributed by atoms with Crippen LogP contribution in [0.4, 0.5) is 14.9 Å². The lowest BCUT2D eigenvalue weighted by Crippen LogP contribution is -2.34. The molecular formula is C17H19FN2O3. The van der Waals surface area contributed by atoms with Crippen molar-refractivity contribution >= 4 is 11.7 Å². The van der Waals surface area contributed by atoms with E-state index in [0.29, 0.717) is 18.0 Å². The van der Waals surface area contributed by atoms with E-state index in [2.05, 4.69) is 5.32 Å². The van der Waals surface area contributed by atoms with Gasteiger partial charge in [0.1, 0.15) is 12.4 Å². The Labute approximate surface area is 134 Å². The van der Waals surface area contributed by atoms with Crippen molar-refractivity contribution in [3.8, 4) is 11.5 Å². The summed E-state index contributed by atoms with van der Waals surface area (Å²) in [5.41, 5.74) is 0.585. The molecule has 0 saturated carbocycles. The molecule has 23 heavy (non-hydrogen) atoms. The van der Waals surface area contributed by atoms with Gasteiger partial charge in [-0.1, -0.05) is 24.3 Å². The van der Waals surface area contributed by atoms with E-state index < -0.39 is 5.82 Å². The molecule has 0 fully saturated rings. The van der Waals surface area contributed by atoms with Crippen molar-refractivity contribution in [3.63, 3.8) is 0 Å². The van der Waals surface area contributed by atoms with Crippen molar-refractivity contribution in [1.29, 1.82) is 0 Å². The van der Waals surface area contributed by atoms with Crippen LogP contribution in [-0.2, 0) is 0 Å². The van der Waals surface area contributed by atoms with E-state index in [4.69, 9.17) is 9.47 Å². The number of hydrogen-bond donors (Lipinski definition) is 1. The SMILES string of the molecule is COc1ccccc1NC(=O)N(C)CCOc1ccccc1F. The third-order valence-corrected chi connectivity index (χ3v) is 3.22. The number of carbonyl (C=O) groups excluding carboxylic acids is 1. The van der Waals surface area contributed by atoms with E-state index in [0.717, 1.165) is 0 Å². The summed E-state index contributed by atoms with van der Waals surface area (Å²) in [6, 6.07) is 13.0. The summed E-state index contributed by atoms with van der Waals surface area (Å²) in [6.45, 7) is 0.506. The molecule has 2 rings (SSSR count). The number of halogens is 1. The first-order chi connectivity index (χ1) is 11.1. The Bertz CT molecular complexity index is 664. The zero-order valence-electron chi connectivity index (χ0n) is 13.1. The van der Waals surface area contributed by atoms with Gasteiger partial charge >= 0.3 is 6.03 Å². The van der Waals surface area contributed by atoms with Crippen LogP contribution < -0.4 is 14.8 Å². The van der Waals surface area contributed by atoms with Gasteiger partial charge in [-0.05, 0) is 24.3 Å². The van der Waals surface area contributed by atoms with Gasteiger partial charge in [-0.2, -0.15) is 0 Å². The molecule has 122 valence electrons. The molecule has 1 N–H and O–H groups in total. The van der Waals surface area contributed by atoms with Crippen LogP contribution in [0.2, 0.25) is 0 Å². The summed E-state index contributed by atoms with van der Waals surface area (Å²) < 4.78 is 23.9. The quantitative estimate of drug-likeness (QED) is 0.888. The summed E-state index contributed by atoms with van der Waals surface area (Å²) in [7, 11) is 3.17. The second-order valence-electron chi connectivity index (χ2n) is 4.83. The lowest BCUT2D eigenvalue weighted by Gasteiger charge is -2.19. The monoisotopic (exact) mass is 318 g/mol. The summed E-state index contributed by atoms with van der Waals surface area (Å²) in [5.74, 6) is 0.330. The highest BCUT2D eigenvalue weighted by molar-refractivity contribution is 5.90. The number of rotatable bonds is 6. The normalized spacial score (nSPS) is 10.0. The van der Waals surface area contributed by atoms with E-state index in [1.807, 2.05) is 6.07 Å². The molecule has 0 unspecified atom stereocenters. The maximum absolute atomic E-state index is 13.4. The minimum absolute atomic E-state index is 0.172. The Kier molecular flexibility index (Phi) is 5.80. The van der Waals surface area contributed by atoms with Gasteiger partial charge in [0.25, 0.3) is 0 Å². The minimum Gasteiger partial charge on any atom is -0.495 e. The van der Waals surface area contributed by atoms with Gasteiger partial charge in [-0.3, -0.25) is 0 Å². The Morgan fingerprint density at radius 2 is 1.78 bits per heavy atom.